The minimum absolute atomic E-state index is 0.0262. The summed E-state index contributed by atoms with van der Waals surface area (Å²) in [5.41, 5.74) is 5.60. The number of rotatable bonds is 7. The normalized spacial score (nSPS) is 20.0. The van der Waals surface area contributed by atoms with Crippen molar-refractivity contribution >= 4 is 45.0 Å². The Morgan fingerprint density at radius 2 is 1.68 bits per heavy atom. The van der Waals surface area contributed by atoms with Crippen molar-refractivity contribution in [2.45, 2.75) is 51.4 Å². The van der Waals surface area contributed by atoms with Gasteiger partial charge in [-0.15, -0.1) is 0 Å². The third-order valence-corrected chi connectivity index (χ3v) is 8.49. The van der Waals surface area contributed by atoms with Gasteiger partial charge < -0.3 is 33.8 Å². The van der Waals surface area contributed by atoms with Crippen LogP contribution in [0.3, 0.4) is 0 Å². The van der Waals surface area contributed by atoms with Crippen molar-refractivity contribution in [2.75, 3.05) is 13.2 Å². The van der Waals surface area contributed by atoms with Gasteiger partial charge in [0.15, 0.2) is 6.23 Å². The van der Waals surface area contributed by atoms with Crippen molar-refractivity contribution in [1.29, 1.82) is 0 Å². The lowest BCUT2D eigenvalue weighted by molar-refractivity contribution is -0.124. The number of fused-ring (bicyclic) bond motifs is 2. The second kappa shape index (κ2) is 12.2. The fourth-order valence-electron chi connectivity index (χ4n) is 6.36. The molecule has 9 nitrogen and oxygen atoms in total. The van der Waals surface area contributed by atoms with E-state index in [4.69, 9.17) is 14.2 Å². The number of hydrogen-bond acceptors (Lipinski definition) is 6. The fourth-order valence-corrected chi connectivity index (χ4v) is 6.36. The molecule has 240 valence electrons. The molecule has 2 N–H and O–H groups in total. The number of nitrogens with zero attached hydrogens (tertiary/aromatic N) is 2. The van der Waals surface area contributed by atoms with E-state index in [0.717, 1.165) is 44.1 Å². The lowest BCUT2D eigenvalue weighted by Crippen LogP contribution is -2.38. The molecular weight excluding hydrogens is 594 g/mol. The maximum Gasteiger partial charge on any atom is 0.508 e. The maximum atomic E-state index is 14.3. The van der Waals surface area contributed by atoms with Gasteiger partial charge in [0.25, 0.3) is 5.91 Å². The molecule has 5 aromatic rings. The second-order valence-electron chi connectivity index (χ2n) is 12.9. The predicted molar refractivity (Wildman–Crippen MR) is 180 cm³/mol. The van der Waals surface area contributed by atoms with Crippen molar-refractivity contribution in [3.8, 4) is 0 Å². The highest BCUT2D eigenvalue weighted by atomic mass is 16.7. The van der Waals surface area contributed by atoms with E-state index in [1.807, 2.05) is 94.7 Å². The van der Waals surface area contributed by atoms with Gasteiger partial charge in [-0.25, -0.2) is 4.79 Å². The smallest absolute Gasteiger partial charge is 0.431 e. The van der Waals surface area contributed by atoms with Crippen LogP contribution < -0.4 is 0 Å². The SMILES string of the molecule is CC(C)(C)OC(=O)OC[C@H]1O[C@@H](n2cc(C3=C(c4c[nH]c5ccccc45)C(=O)N(Cc4ccccc4)C3)c3ccccc32)C=C[C@H]1O. The van der Waals surface area contributed by atoms with Gasteiger partial charge in [0.1, 0.15) is 24.4 Å². The molecule has 47 heavy (non-hydrogen) atoms. The Kier molecular flexibility index (Phi) is 7.95. The van der Waals surface area contributed by atoms with Crippen molar-refractivity contribution in [2.24, 2.45) is 0 Å². The number of para-hydroxylation sites is 2. The van der Waals surface area contributed by atoms with Crippen LogP contribution in [0.4, 0.5) is 4.79 Å². The van der Waals surface area contributed by atoms with Gasteiger partial charge in [-0.2, -0.15) is 0 Å². The number of H-pyrrole nitrogens is 1. The molecule has 2 aromatic heterocycles. The van der Waals surface area contributed by atoms with Crippen LogP contribution in [0.5, 0.6) is 0 Å². The molecule has 1 amide bonds. The Labute approximate surface area is 272 Å². The Balaban J connectivity index is 1.27. The molecule has 0 saturated carbocycles. The molecule has 3 atom stereocenters. The largest absolute Gasteiger partial charge is 0.508 e. The molecule has 4 heterocycles. The van der Waals surface area contributed by atoms with Crippen molar-refractivity contribution in [3.63, 3.8) is 0 Å². The molecule has 0 fully saturated rings. The van der Waals surface area contributed by atoms with Crippen LogP contribution >= 0.6 is 0 Å². The highest BCUT2D eigenvalue weighted by Gasteiger charge is 2.36. The Hall–Kier alpha value is -5.12. The minimum atomic E-state index is -0.967. The van der Waals surface area contributed by atoms with Crippen LogP contribution in [-0.4, -0.2) is 62.6 Å². The number of carbonyl (C=O) groups excluding carboxylic acids is 2. The van der Waals surface area contributed by atoms with E-state index in [1.54, 1.807) is 32.9 Å². The van der Waals surface area contributed by atoms with Crippen LogP contribution in [0.25, 0.3) is 33.0 Å². The number of aliphatic hydroxyl groups is 1. The molecule has 0 unspecified atom stereocenters. The lowest BCUT2D eigenvalue weighted by Gasteiger charge is -2.30. The van der Waals surface area contributed by atoms with Crippen LogP contribution in [0, 0.1) is 0 Å². The number of hydrogen-bond donors (Lipinski definition) is 2. The summed E-state index contributed by atoms with van der Waals surface area (Å²) in [4.78, 5) is 31.8. The van der Waals surface area contributed by atoms with Gasteiger partial charge in [0.05, 0.1) is 11.1 Å². The molecule has 0 saturated heterocycles. The third-order valence-electron chi connectivity index (χ3n) is 8.49. The molecule has 9 heteroatoms. The number of aromatic nitrogens is 2. The highest BCUT2D eigenvalue weighted by molar-refractivity contribution is 6.33. The quantitative estimate of drug-likeness (QED) is 0.151. The van der Waals surface area contributed by atoms with Gasteiger partial charge >= 0.3 is 6.16 Å². The summed E-state index contributed by atoms with van der Waals surface area (Å²) in [7, 11) is 0. The first-order chi connectivity index (χ1) is 22.7. The summed E-state index contributed by atoms with van der Waals surface area (Å²) in [5, 5.41) is 12.6. The molecule has 0 spiro atoms. The molecule has 0 bridgehead atoms. The first-order valence-electron chi connectivity index (χ1n) is 15.8. The summed E-state index contributed by atoms with van der Waals surface area (Å²) >= 11 is 0. The van der Waals surface area contributed by atoms with E-state index in [2.05, 4.69) is 11.1 Å². The zero-order valence-electron chi connectivity index (χ0n) is 26.6. The van der Waals surface area contributed by atoms with E-state index in [9.17, 15) is 14.7 Å². The molecule has 2 aliphatic rings. The maximum absolute atomic E-state index is 14.3. The Bertz CT molecular complexity index is 2020. The number of benzene rings is 3. The number of amides is 1. The average molecular weight is 632 g/mol. The van der Waals surface area contributed by atoms with Gasteiger partial charge in [-0.05, 0) is 50.1 Å². The Morgan fingerprint density at radius 1 is 0.957 bits per heavy atom. The van der Waals surface area contributed by atoms with Gasteiger partial charge in [0, 0.05) is 52.9 Å². The summed E-state index contributed by atoms with van der Waals surface area (Å²) in [6, 6.07) is 26.0. The number of carbonyl (C=O) groups is 2. The minimum Gasteiger partial charge on any atom is -0.431 e. The number of aromatic amines is 1. The number of aliphatic hydroxyl groups excluding tert-OH is 1. The van der Waals surface area contributed by atoms with Gasteiger partial charge in [-0.1, -0.05) is 72.8 Å². The summed E-state index contributed by atoms with van der Waals surface area (Å²) < 4.78 is 18.9. The fraction of sp³-hybridized carbons (Fsp3) is 0.263. The zero-order chi connectivity index (χ0) is 32.7. The predicted octanol–water partition coefficient (Wildman–Crippen LogP) is 6.84. The van der Waals surface area contributed by atoms with Crippen LogP contribution in [0.1, 0.15) is 43.7 Å². The topological polar surface area (TPSA) is 106 Å². The van der Waals surface area contributed by atoms with E-state index in [0.29, 0.717) is 18.7 Å². The molecule has 0 radical (unpaired) electrons. The van der Waals surface area contributed by atoms with Crippen LogP contribution in [-0.2, 0) is 25.5 Å². The molecule has 0 aliphatic carbocycles. The van der Waals surface area contributed by atoms with E-state index < -0.39 is 30.2 Å². The first-order valence-corrected chi connectivity index (χ1v) is 15.8. The average Bonchev–Trinajstić information content (AvgIpc) is 3.74. The second-order valence-corrected chi connectivity index (χ2v) is 12.9. The lowest BCUT2D eigenvalue weighted by atomic mass is 9.96. The highest BCUT2D eigenvalue weighted by Crippen LogP contribution is 2.42. The molecular formula is C38H37N3O6. The first kappa shape index (κ1) is 30.5. The number of nitrogens with one attached hydrogen (secondary N) is 1. The third kappa shape index (κ3) is 6.07. The van der Waals surface area contributed by atoms with Gasteiger partial charge in [-0.3, -0.25) is 4.79 Å². The van der Waals surface area contributed by atoms with Crippen molar-refractivity contribution in [1.82, 2.24) is 14.5 Å². The van der Waals surface area contributed by atoms with Crippen molar-refractivity contribution in [3.05, 3.63) is 120 Å². The molecule has 2 aliphatic heterocycles. The molecule has 7 rings (SSSR count). The summed E-state index contributed by atoms with van der Waals surface area (Å²) in [6.45, 7) is 6.01. The van der Waals surface area contributed by atoms with E-state index in [-0.39, 0.29) is 12.5 Å². The molecule has 3 aromatic carbocycles. The standard InChI is InChI=1S/C38H37N3O6/c1-38(2,3)47-37(44)45-23-33-32(42)17-18-34(46-33)41-22-28(26-14-8-10-16-31(26)41)29-21-40(20-24-11-5-4-6-12-24)36(43)35(29)27-19-39-30-15-9-7-13-25(27)30/h4-19,22,32-34,39,42H,20-21,23H2,1-3H3/t32-,33-,34-/m1/s1. The van der Waals surface area contributed by atoms with Crippen LogP contribution in [0.15, 0.2) is 103 Å². The van der Waals surface area contributed by atoms with Crippen molar-refractivity contribution < 1.29 is 28.9 Å². The summed E-state index contributed by atoms with van der Waals surface area (Å²) in [5.74, 6) is -0.0262. The van der Waals surface area contributed by atoms with Crippen LogP contribution in [0.2, 0.25) is 0 Å². The number of ether oxygens (including phenoxy) is 3. The monoisotopic (exact) mass is 631 g/mol. The van der Waals surface area contributed by atoms with E-state index in [1.165, 1.54) is 0 Å². The summed E-state index contributed by atoms with van der Waals surface area (Å²) in [6.07, 6.45) is 4.20. The van der Waals surface area contributed by atoms with Gasteiger partial charge in [0.2, 0.25) is 0 Å². The Morgan fingerprint density at radius 3 is 2.47 bits per heavy atom. The zero-order valence-corrected chi connectivity index (χ0v) is 26.6. The van der Waals surface area contributed by atoms with E-state index >= 15 is 0 Å².